The van der Waals surface area contributed by atoms with Crippen molar-refractivity contribution in [1.82, 2.24) is 0 Å². The van der Waals surface area contributed by atoms with Crippen molar-refractivity contribution in [3.63, 3.8) is 0 Å². The van der Waals surface area contributed by atoms with Crippen LogP contribution in [0.15, 0.2) is 42.5 Å². The number of carbonyl (C=O) groups excluding carboxylic acids is 2. The van der Waals surface area contributed by atoms with Crippen LogP contribution in [0.5, 0.6) is 11.5 Å². The number of carbonyl (C=O) groups is 2. The molecule has 0 atom stereocenters. The zero-order valence-corrected chi connectivity index (χ0v) is 12.9. The maximum absolute atomic E-state index is 11.8. The molecular formula is C18H18O4. The molecule has 0 aliphatic rings. The Kier molecular flexibility index (Phi) is 4.94. The summed E-state index contributed by atoms with van der Waals surface area (Å²) >= 11 is 0. The number of ketones is 1. The lowest BCUT2D eigenvalue weighted by molar-refractivity contribution is -0.136. The number of hydrogen-bond donors (Lipinski definition) is 0. The largest absolute Gasteiger partial charge is 0.481 e. The number of Topliss-reactive ketones (excluding diaryl/α,β-unsaturated/α-hetero) is 1. The second kappa shape index (κ2) is 6.89. The molecule has 114 valence electrons. The predicted octanol–water partition coefficient (Wildman–Crippen LogP) is 3.49. The third-order valence-corrected chi connectivity index (χ3v) is 3.24. The highest BCUT2D eigenvalue weighted by Crippen LogP contribution is 2.22. The molecule has 0 aliphatic carbocycles. The molecule has 22 heavy (non-hydrogen) atoms. The van der Waals surface area contributed by atoms with Crippen LogP contribution < -0.4 is 9.47 Å². The van der Waals surface area contributed by atoms with E-state index in [0.717, 1.165) is 11.1 Å². The van der Waals surface area contributed by atoms with Gasteiger partial charge in [-0.1, -0.05) is 18.2 Å². The summed E-state index contributed by atoms with van der Waals surface area (Å²) in [6, 6.07) is 12.2. The van der Waals surface area contributed by atoms with Gasteiger partial charge in [0.2, 0.25) is 0 Å². The molecular weight excluding hydrogens is 280 g/mol. The van der Waals surface area contributed by atoms with Gasteiger partial charge in [0.05, 0.1) is 0 Å². The molecule has 0 aliphatic heterocycles. The lowest BCUT2D eigenvalue weighted by Crippen LogP contribution is -2.18. The van der Waals surface area contributed by atoms with Crippen LogP contribution in [0, 0.1) is 13.8 Å². The molecule has 0 saturated heterocycles. The van der Waals surface area contributed by atoms with Gasteiger partial charge in [0.25, 0.3) is 0 Å². The maximum Gasteiger partial charge on any atom is 0.349 e. The normalized spacial score (nSPS) is 10.1. The average Bonchev–Trinajstić information content (AvgIpc) is 2.47. The lowest BCUT2D eigenvalue weighted by Gasteiger charge is -2.11. The molecule has 0 unspecified atom stereocenters. The van der Waals surface area contributed by atoms with E-state index in [2.05, 4.69) is 0 Å². The van der Waals surface area contributed by atoms with Crippen LogP contribution in [0.2, 0.25) is 0 Å². The molecule has 0 saturated carbocycles. The van der Waals surface area contributed by atoms with Crippen LogP contribution >= 0.6 is 0 Å². The first-order valence-corrected chi connectivity index (χ1v) is 6.98. The minimum Gasteiger partial charge on any atom is -0.481 e. The Bertz CT molecular complexity index is 666. The molecule has 2 rings (SSSR count). The summed E-state index contributed by atoms with van der Waals surface area (Å²) in [6.45, 7) is 5.17. The van der Waals surface area contributed by atoms with E-state index in [-0.39, 0.29) is 12.4 Å². The van der Waals surface area contributed by atoms with Crippen LogP contribution in [0.4, 0.5) is 0 Å². The smallest absolute Gasteiger partial charge is 0.349 e. The SMILES string of the molecule is CC(=O)c1ccc(OC(=O)COc2c(C)cccc2C)cc1. The molecule has 0 N–H and O–H groups in total. The van der Waals surface area contributed by atoms with Crippen LogP contribution in [0.1, 0.15) is 28.4 Å². The van der Waals surface area contributed by atoms with Crippen molar-refractivity contribution in [3.05, 3.63) is 59.2 Å². The molecule has 2 aromatic rings. The van der Waals surface area contributed by atoms with Crippen molar-refractivity contribution in [2.75, 3.05) is 6.61 Å². The molecule has 0 bridgehead atoms. The fraction of sp³-hybridized carbons (Fsp3) is 0.222. The van der Waals surface area contributed by atoms with Gasteiger partial charge in [-0.05, 0) is 56.2 Å². The summed E-state index contributed by atoms with van der Waals surface area (Å²) in [5.74, 6) is 0.570. The molecule has 0 spiro atoms. The van der Waals surface area contributed by atoms with Crippen molar-refractivity contribution in [2.45, 2.75) is 20.8 Å². The van der Waals surface area contributed by atoms with E-state index >= 15 is 0 Å². The van der Waals surface area contributed by atoms with Gasteiger partial charge in [0.15, 0.2) is 12.4 Å². The molecule has 4 nitrogen and oxygen atoms in total. The predicted molar refractivity (Wildman–Crippen MR) is 83.5 cm³/mol. The van der Waals surface area contributed by atoms with Crippen LogP contribution in [0.25, 0.3) is 0 Å². The first kappa shape index (κ1) is 15.8. The van der Waals surface area contributed by atoms with Gasteiger partial charge in [0, 0.05) is 5.56 Å². The Morgan fingerprint density at radius 2 is 1.55 bits per heavy atom. The van der Waals surface area contributed by atoms with E-state index in [1.165, 1.54) is 6.92 Å². The summed E-state index contributed by atoms with van der Waals surface area (Å²) in [4.78, 5) is 23.0. The second-order valence-corrected chi connectivity index (χ2v) is 5.06. The van der Waals surface area contributed by atoms with Gasteiger partial charge in [-0.3, -0.25) is 4.79 Å². The Balaban J connectivity index is 1.94. The Morgan fingerprint density at radius 3 is 2.09 bits per heavy atom. The monoisotopic (exact) mass is 298 g/mol. The van der Waals surface area contributed by atoms with E-state index in [0.29, 0.717) is 17.1 Å². The number of aryl methyl sites for hydroxylation is 2. The van der Waals surface area contributed by atoms with E-state index in [4.69, 9.17) is 9.47 Å². The first-order chi connectivity index (χ1) is 10.5. The number of esters is 1. The molecule has 4 heteroatoms. The van der Waals surface area contributed by atoms with Crippen molar-refractivity contribution in [2.24, 2.45) is 0 Å². The average molecular weight is 298 g/mol. The van der Waals surface area contributed by atoms with E-state index in [9.17, 15) is 9.59 Å². The fourth-order valence-electron chi connectivity index (χ4n) is 2.08. The summed E-state index contributed by atoms with van der Waals surface area (Å²) in [6.07, 6.45) is 0. The second-order valence-electron chi connectivity index (χ2n) is 5.06. The van der Waals surface area contributed by atoms with Gasteiger partial charge in [-0.2, -0.15) is 0 Å². The first-order valence-electron chi connectivity index (χ1n) is 6.98. The number of ether oxygens (including phenoxy) is 2. The zero-order chi connectivity index (χ0) is 16.1. The molecule has 0 fully saturated rings. The van der Waals surface area contributed by atoms with Crippen LogP contribution in [-0.2, 0) is 4.79 Å². The molecule has 0 aromatic heterocycles. The molecule has 0 amide bonds. The summed E-state index contributed by atoms with van der Waals surface area (Å²) in [5.41, 5.74) is 2.52. The van der Waals surface area contributed by atoms with E-state index < -0.39 is 5.97 Å². The fourth-order valence-corrected chi connectivity index (χ4v) is 2.08. The standard InChI is InChI=1S/C18H18O4/c1-12-5-4-6-13(2)18(12)21-11-17(20)22-16-9-7-15(8-10-16)14(3)19/h4-10H,11H2,1-3H3. The topological polar surface area (TPSA) is 52.6 Å². The third kappa shape index (κ3) is 3.95. The zero-order valence-electron chi connectivity index (χ0n) is 12.9. The van der Waals surface area contributed by atoms with Crippen molar-refractivity contribution in [3.8, 4) is 11.5 Å². The maximum atomic E-state index is 11.8. The van der Waals surface area contributed by atoms with Gasteiger partial charge >= 0.3 is 5.97 Å². The Morgan fingerprint density at radius 1 is 0.955 bits per heavy atom. The summed E-state index contributed by atoms with van der Waals surface area (Å²) < 4.78 is 10.7. The van der Waals surface area contributed by atoms with Gasteiger partial charge in [0.1, 0.15) is 11.5 Å². The van der Waals surface area contributed by atoms with E-state index in [1.54, 1.807) is 24.3 Å². The number of para-hydroxylation sites is 1. The highest BCUT2D eigenvalue weighted by molar-refractivity contribution is 5.94. The van der Waals surface area contributed by atoms with Gasteiger partial charge in [-0.15, -0.1) is 0 Å². The lowest BCUT2D eigenvalue weighted by atomic mass is 10.1. The number of benzene rings is 2. The highest BCUT2D eigenvalue weighted by atomic mass is 16.6. The summed E-state index contributed by atoms with van der Waals surface area (Å²) in [7, 11) is 0. The van der Waals surface area contributed by atoms with E-state index in [1.807, 2.05) is 32.0 Å². The Labute approximate surface area is 129 Å². The summed E-state index contributed by atoms with van der Waals surface area (Å²) in [5, 5.41) is 0. The third-order valence-electron chi connectivity index (χ3n) is 3.24. The van der Waals surface area contributed by atoms with Crippen molar-refractivity contribution in [1.29, 1.82) is 0 Å². The molecule has 2 aromatic carbocycles. The minimum atomic E-state index is -0.488. The van der Waals surface area contributed by atoms with Gasteiger partial charge in [-0.25, -0.2) is 4.79 Å². The van der Waals surface area contributed by atoms with Crippen molar-refractivity contribution >= 4 is 11.8 Å². The minimum absolute atomic E-state index is 0.0313. The number of hydrogen-bond acceptors (Lipinski definition) is 4. The quantitative estimate of drug-likeness (QED) is 0.481. The number of rotatable bonds is 5. The van der Waals surface area contributed by atoms with Crippen LogP contribution in [-0.4, -0.2) is 18.4 Å². The molecule has 0 radical (unpaired) electrons. The Hall–Kier alpha value is -2.62. The molecule has 0 heterocycles. The van der Waals surface area contributed by atoms with Gasteiger partial charge < -0.3 is 9.47 Å². The van der Waals surface area contributed by atoms with Crippen molar-refractivity contribution < 1.29 is 19.1 Å². The van der Waals surface area contributed by atoms with Crippen LogP contribution in [0.3, 0.4) is 0 Å². The highest BCUT2D eigenvalue weighted by Gasteiger charge is 2.09.